The fraction of sp³-hybridized carbons (Fsp3) is 0.846. The van der Waals surface area contributed by atoms with E-state index in [0.29, 0.717) is 0 Å². The number of carbonyl (C=O) groups is 2. The number of likely N-dealkylation sites (tertiary alicyclic amines) is 1. The Bertz CT molecular complexity index is 265. The zero-order valence-corrected chi connectivity index (χ0v) is 10.9. The number of hydrogen-bond donors (Lipinski definition) is 2. The molecule has 0 aromatic heterocycles. The zero-order chi connectivity index (χ0) is 12.8. The van der Waals surface area contributed by atoms with E-state index in [4.69, 9.17) is 0 Å². The van der Waals surface area contributed by atoms with Crippen LogP contribution in [-0.2, 0) is 9.59 Å². The average molecular weight is 253 g/mol. The molecule has 0 bridgehead atoms. The second-order valence-electron chi connectivity index (χ2n) is 5.20. The van der Waals surface area contributed by atoms with Crippen molar-refractivity contribution in [2.45, 2.75) is 32.1 Å². The van der Waals surface area contributed by atoms with Gasteiger partial charge in [0.2, 0.25) is 11.8 Å². The normalized spacial score (nSPS) is 24.7. The monoisotopic (exact) mass is 253 g/mol. The van der Waals surface area contributed by atoms with Crippen molar-refractivity contribution in [3.8, 4) is 0 Å². The molecule has 0 aromatic carbocycles. The molecular weight excluding hydrogens is 230 g/mol. The first kappa shape index (κ1) is 13.3. The van der Waals surface area contributed by atoms with Crippen LogP contribution in [-0.4, -0.2) is 49.4 Å². The van der Waals surface area contributed by atoms with Crippen LogP contribution in [0.25, 0.3) is 0 Å². The summed E-state index contributed by atoms with van der Waals surface area (Å²) in [7, 11) is 0. The molecule has 2 rings (SSSR count). The van der Waals surface area contributed by atoms with E-state index in [0.717, 1.165) is 51.9 Å². The lowest BCUT2D eigenvalue weighted by Crippen LogP contribution is -2.46. The van der Waals surface area contributed by atoms with Crippen LogP contribution in [0, 0.1) is 5.92 Å². The molecule has 18 heavy (non-hydrogen) atoms. The highest BCUT2D eigenvalue weighted by Crippen LogP contribution is 2.10. The van der Waals surface area contributed by atoms with E-state index < -0.39 is 0 Å². The predicted molar refractivity (Wildman–Crippen MR) is 69.0 cm³/mol. The molecule has 0 radical (unpaired) electrons. The number of piperidine rings is 2. The first-order valence-electron chi connectivity index (χ1n) is 7.03. The minimum Gasteiger partial charge on any atom is -0.347 e. The second kappa shape index (κ2) is 6.73. The van der Waals surface area contributed by atoms with Crippen molar-refractivity contribution in [2.75, 3.05) is 32.7 Å². The maximum absolute atomic E-state index is 11.9. The summed E-state index contributed by atoms with van der Waals surface area (Å²) in [4.78, 5) is 25.6. The molecule has 0 unspecified atom stereocenters. The van der Waals surface area contributed by atoms with Crippen molar-refractivity contribution in [3.63, 3.8) is 0 Å². The number of hydrogen-bond acceptors (Lipinski definition) is 3. The van der Waals surface area contributed by atoms with Gasteiger partial charge in [-0.15, -0.1) is 0 Å². The SMILES string of the molecule is O=C(NCC(=O)N1CCCCC1)[C@@H]1CCCNC1. The molecule has 5 heteroatoms. The van der Waals surface area contributed by atoms with Crippen LogP contribution in [0.2, 0.25) is 0 Å². The largest absolute Gasteiger partial charge is 0.347 e. The van der Waals surface area contributed by atoms with E-state index in [-0.39, 0.29) is 24.3 Å². The molecule has 0 spiro atoms. The summed E-state index contributed by atoms with van der Waals surface area (Å²) < 4.78 is 0. The zero-order valence-electron chi connectivity index (χ0n) is 10.9. The van der Waals surface area contributed by atoms with Crippen LogP contribution in [0.4, 0.5) is 0 Å². The Balaban J connectivity index is 1.69. The lowest BCUT2D eigenvalue weighted by molar-refractivity contribution is -0.134. The van der Waals surface area contributed by atoms with Crippen LogP contribution in [0.1, 0.15) is 32.1 Å². The molecule has 1 atom stereocenters. The molecule has 2 aliphatic heterocycles. The Morgan fingerprint density at radius 3 is 2.61 bits per heavy atom. The maximum Gasteiger partial charge on any atom is 0.241 e. The molecule has 102 valence electrons. The molecule has 2 heterocycles. The van der Waals surface area contributed by atoms with Gasteiger partial charge in [-0.1, -0.05) is 0 Å². The van der Waals surface area contributed by atoms with Gasteiger partial charge in [0.05, 0.1) is 12.5 Å². The maximum atomic E-state index is 11.9. The van der Waals surface area contributed by atoms with Gasteiger partial charge in [0.1, 0.15) is 0 Å². The Kier molecular flexibility index (Phi) is 4.99. The summed E-state index contributed by atoms with van der Waals surface area (Å²) in [5.41, 5.74) is 0. The highest BCUT2D eigenvalue weighted by atomic mass is 16.2. The van der Waals surface area contributed by atoms with E-state index in [2.05, 4.69) is 10.6 Å². The Morgan fingerprint density at radius 1 is 1.17 bits per heavy atom. The van der Waals surface area contributed by atoms with Crippen molar-refractivity contribution in [1.82, 2.24) is 15.5 Å². The lowest BCUT2D eigenvalue weighted by atomic mass is 9.99. The quantitative estimate of drug-likeness (QED) is 0.751. The number of nitrogens with zero attached hydrogens (tertiary/aromatic N) is 1. The van der Waals surface area contributed by atoms with E-state index >= 15 is 0 Å². The topological polar surface area (TPSA) is 61.4 Å². The van der Waals surface area contributed by atoms with Crippen molar-refractivity contribution in [1.29, 1.82) is 0 Å². The van der Waals surface area contributed by atoms with Gasteiger partial charge in [0.25, 0.3) is 0 Å². The molecular formula is C13H23N3O2. The van der Waals surface area contributed by atoms with Gasteiger partial charge in [-0.25, -0.2) is 0 Å². The molecule has 0 aromatic rings. The third-order valence-corrected chi connectivity index (χ3v) is 3.79. The van der Waals surface area contributed by atoms with Crippen LogP contribution in [0.15, 0.2) is 0 Å². The van der Waals surface area contributed by atoms with Crippen LogP contribution >= 0.6 is 0 Å². The number of carbonyl (C=O) groups excluding carboxylic acids is 2. The first-order valence-corrected chi connectivity index (χ1v) is 7.03. The number of rotatable bonds is 3. The number of nitrogens with one attached hydrogen (secondary N) is 2. The van der Waals surface area contributed by atoms with Crippen molar-refractivity contribution in [3.05, 3.63) is 0 Å². The van der Waals surface area contributed by atoms with Crippen molar-refractivity contribution in [2.24, 2.45) is 5.92 Å². The third-order valence-electron chi connectivity index (χ3n) is 3.79. The van der Waals surface area contributed by atoms with Gasteiger partial charge in [-0.3, -0.25) is 9.59 Å². The molecule has 2 amide bonds. The summed E-state index contributed by atoms with van der Waals surface area (Å²) in [5, 5.41) is 5.99. The first-order chi connectivity index (χ1) is 8.77. The highest BCUT2D eigenvalue weighted by molar-refractivity contribution is 5.86. The van der Waals surface area contributed by atoms with E-state index in [1.807, 2.05) is 4.90 Å². The summed E-state index contributed by atoms with van der Waals surface area (Å²) in [6.07, 6.45) is 5.36. The molecule has 5 nitrogen and oxygen atoms in total. The highest BCUT2D eigenvalue weighted by Gasteiger charge is 2.22. The second-order valence-corrected chi connectivity index (χ2v) is 5.20. The fourth-order valence-electron chi connectivity index (χ4n) is 2.64. The summed E-state index contributed by atoms with van der Waals surface area (Å²) in [6, 6.07) is 0. The average Bonchev–Trinajstić information content (AvgIpc) is 2.46. The molecule has 2 N–H and O–H groups in total. The van der Waals surface area contributed by atoms with Crippen molar-refractivity contribution >= 4 is 11.8 Å². The van der Waals surface area contributed by atoms with Crippen LogP contribution < -0.4 is 10.6 Å². The summed E-state index contributed by atoms with van der Waals surface area (Å²) >= 11 is 0. The molecule has 0 aliphatic carbocycles. The van der Waals surface area contributed by atoms with Gasteiger partial charge in [0.15, 0.2) is 0 Å². The summed E-state index contributed by atoms with van der Waals surface area (Å²) in [6.45, 7) is 3.59. The molecule has 0 saturated carbocycles. The third kappa shape index (κ3) is 3.70. The van der Waals surface area contributed by atoms with Crippen molar-refractivity contribution < 1.29 is 9.59 Å². The smallest absolute Gasteiger partial charge is 0.241 e. The van der Waals surface area contributed by atoms with Gasteiger partial charge in [0, 0.05) is 19.6 Å². The molecule has 2 aliphatic rings. The van der Waals surface area contributed by atoms with Gasteiger partial charge < -0.3 is 15.5 Å². The molecule has 2 saturated heterocycles. The minimum absolute atomic E-state index is 0.0209. The Hall–Kier alpha value is -1.10. The molecule has 2 fully saturated rings. The van der Waals surface area contributed by atoms with E-state index in [1.165, 1.54) is 6.42 Å². The van der Waals surface area contributed by atoms with Gasteiger partial charge in [-0.2, -0.15) is 0 Å². The van der Waals surface area contributed by atoms with Gasteiger partial charge >= 0.3 is 0 Å². The predicted octanol–water partition coefficient (Wildman–Crippen LogP) is 0.115. The minimum atomic E-state index is 0.0209. The lowest BCUT2D eigenvalue weighted by Gasteiger charge is -2.27. The summed E-state index contributed by atoms with van der Waals surface area (Å²) in [5.74, 6) is 0.118. The van der Waals surface area contributed by atoms with Crippen LogP contribution in [0.5, 0.6) is 0 Å². The van der Waals surface area contributed by atoms with Gasteiger partial charge in [-0.05, 0) is 38.6 Å². The standard InChI is InChI=1S/C13H23N3O2/c17-12(16-7-2-1-3-8-16)10-15-13(18)11-5-4-6-14-9-11/h11,14H,1-10H2,(H,15,18)/t11-/m1/s1. The Morgan fingerprint density at radius 2 is 1.94 bits per heavy atom. The number of amides is 2. The Labute approximate surface area is 108 Å². The van der Waals surface area contributed by atoms with E-state index in [9.17, 15) is 9.59 Å². The fourth-order valence-corrected chi connectivity index (χ4v) is 2.64. The van der Waals surface area contributed by atoms with Crippen LogP contribution in [0.3, 0.4) is 0 Å². The van der Waals surface area contributed by atoms with E-state index in [1.54, 1.807) is 0 Å².